The Bertz CT molecular complexity index is 440. The van der Waals surface area contributed by atoms with Gasteiger partial charge in [-0.1, -0.05) is 11.6 Å². The largest absolute Gasteiger partial charge is 0.420 e. The molecule has 80 valence electrons. The van der Waals surface area contributed by atoms with Gasteiger partial charge in [0.15, 0.2) is 0 Å². The number of thiophene rings is 1. The minimum absolute atomic E-state index is 0.501. The molecular weight excluding hydrogens is 234 g/mol. The molecule has 0 spiro atoms. The minimum atomic E-state index is 0.501. The lowest BCUT2D eigenvalue weighted by molar-refractivity contribution is 0.501. The zero-order chi connectivity index (χ0) is 10.7. The molecule has 0 atom stereocenters. The molecule has 0 amide bonds. The van der Waals surface area contributed by atoms with E-state index in [9.17, 15) is 0 Å². The highest BCUT2D eigenvalue weighted by Crippen LogP contribution is 2.31. The third kappa shape index (κ3) is 2.37. The minimum Gasteiger partial charge on any atom is -0.420 e. The van der Waals surface area contributed by atoms with Crippen LogP contribution in [0.4, 0.5) is 0 Å². The van der Waals surface area contributed by atoms with Gasteiger partial charge in [-0.2, -0.15) is 0 Å². The molecule has 2 heterocycles. The standard InChI is InChI=1S/C9H10ClN3OS/c1-11-4-2-7-12-13-9(14-7)8-6(10)3-5-15-8/h3,5,11H,2,4H2,1H3. The fourth-order valence-corrected chi connectivity index (χ4v) is 2.18. The summed E-state index contributed by atoms with van der Waals surface area (Å²) in [6.07, 6.45) is 0.729. The summed E-state index contributed by atoms with van der Waals surface area (Å²) < 4.78 is 5.47. The Kier molecular flexibility index (Phi) is 3.35. The first-order valence-corrected chi connectivity index (χ1v) is 5.77. The molecule has 0 fully saturated rings. The SMILES string of the molecule is CNCCc1nnc(-c2sccc2Cl)o1. The molecule has 0 saturated carbocycles. The monoisotopic (exact) mass is 243 g/mol. The molecule has 6 heteroatoms. The highest BCUT2D eigenvalue weighted by Gasteiger charge is 2.12. The van der Waals surface area contributed by atoms with E-state index in [1.807, 2.05) is 18.5 Å². The Morgan fingerprint density at radius 1 is 1.53 bits per heavy atom. The fourth-order valence-electron chi connectivity index (χ4n) is 1.12. The summed E-state index contributed by atoms with van der Waals surface area (Å²) in [5.74, 6) is 1.13. The van der Waals surface area contributed by atoms with E-state index in [1.54, 1.807) is 0 Å². The van der Waals surface area contributed by atoms with E-state index < -0.39 is 0 Å². The molecule has 0 aromatic carbocycles. The van der Waals surface area contributed by atoms with E-state index in [4.69, 9.17) is 16.0 Å². The van der Waals surface area contributed by atoms with Crippen LogP contribution in [-0.2, 0) is 6.42 Å². The van der Waals surface area contributed by atoms with Gasteiger partial charge in [0.25, 0.3) is 5.89 Å². The van der Waals surface area contributed by atoms with Crippen molar-refractivity contribution in [3.8, 4) is 10.8 Å². The molecule has 0 saturated heterocycles. The smallest absolute Gasteiger partial charge is 0.259 e. The van der Waals surface area contributed by atoms with Gasteiger partial charge < -0.3 is 9.73 Å². The van der Waals surface area contributed by atoms with Gasteiger partial charge in [0, 0.05) is 13.0 Å². The van der Waals surface area contributed by atoms with Crippen molar-refractivity contribution < 1.29 is 4.42 Å². The van der Waals surface area contributed by atoms with Crippen LogP contribution in [0.1, 0.15) is 5.89 Å². The molecular formula is C9H10ClN3OS. The number of hydrogen-bond acceptors (Lipinski definition) is 5. The molecule has 1 N–H and O–H groups in total. The van der Waals surface area contributed by atoms with Crippen LogP contribution in [-0.4, -0.2) is 23.8 Å². The lowest BCUT2D eigenvalue weighted by Crippen LogP contribution is -2.10. The molecule has 0 radical (unpaired) electrons. The summed E-state index contributed by atoms with van der Waals surface area (Å²) in [5.41, 5.74) is 0. The first kappa shape index (κ1) is 10.6. The van der Waals surface area contributed by atoms with Crippen LogP contribution in [0, 0.1) is 0 Å². The topological polar surface area (TPSA) is 51.0 Å². The highest BCUT2D eigenvalue weighted by molar-refractivity contribution is 7.14. The van der Waals surface area contributed by atoms with Gasteiger partial charge in [0.05, 0.1) is 5.02 Å². The van der Waals surface area contributed by atoms with Gasteiger partial charge in [-0.3, -0.25) is 0 Å². The van der Waals surface area contributed by atoms with Crippen LogP contribution in [0.2, 0.25) is 5.02 Å². The maximum absolute atomic E-state index is 5.96. The molecule has 2 rings (SSSR count). The lowest BCUT2D eigenvalue weighted by Gasteiger charge is -1.92. The Hall–Kier alpha value is -0.910. The van der Waals surface area contributed by atoms with E-state index in [0.29, 0.717) is 16.8 Å². The van der Waals surface area contributed by atoms with Gasteiger partial charge in [-0.15, -0.1) is 21.5 Å². The van der Waals surface area contributed by atoms with E-state index in [-0.39, 0.29) is 0 Å². The molecule has 0 aliphatic rings. The molecule has 0 aliphatic heterocycles. The third-order valence-corrected chi connectivity index (χ3v) is 3.20. The second kappa shape index (κ2) is 4.74. The highest BCUT2D eigenvalue weighted by atomic mass is 35.5. The fraction of sp³-hybridized carbons (Fsp3) is 0.333. The quantitative estimate of drug-likeness (QED) is 0.895. The van der Waals surface area contributed by atoms with Gasteiger partial charge in [-0.25, -0.2) is 0 Å². The van der Waals surface area contributed by atoms with Gasteiger partial charge in [0.1, 0.15) is 4.88 Å². The molecule has 0 aliphatic carbocycles. The number of hydrogen-bond donors (Lipinski definition) is 1. The molecule has 15 heavy (non-hydrogen) atoms. The number of aromatic nitrogens is 2. The zero-order valence-corrected chi connectivity index (χ0v) is 9.73. The van der Waals surface area contributed by atoms with Crippen molar-refractivity contribution in [2.24, 2.45) is 0 Å². The van der Waals surface area contributed by atoms with Crippen molar-refractivity contribution in [1.82, 2.24) is 15.5 Å². The Balaban J connectivity index is 2.17. The van der Waals surface area contributed by atoms with Crippen LogP contribution in [0.5, 0.6) is 0 Å². The molecule has 4 nitrogen and oxygen atoms in total. The summed E-state index contributed by atoms with van der Waals surface area (Å²) in [6.45, 7) is 0.819. The molecule has 2 aromatic heterocycles. The molecule has 0 bridgehead atoms. The van der Waals surface area contributed by atoms with Crippen LogP contribution in [0.3, 0.4) is 0 Å². The summed E-state index contributed by atoms with van der Waals surface area (Å²) >= 11 is 7.45. The van der Waals surface area contributed by atoms with Crippen molar-refractivity contribution in [3.63, 3.8) is 0 Å². The van der Waals surface area contributed by atoms with E-state index in [0.717, 1.165) is 17.8 Å². The summed E-state index contributed by atoms with van der Waals surface area (Å²) in [7, 11) is 1.88. The first-order valence-electron chi connectivity index (χ1n) is 4.51. The van der Waals surface area contributed by atoms with Crippen molar-refractivity contribution in [3.05, 3.63) is 22.4 Å². The Morgan fingerprint density at radius 2 is 2.40 bits per heavy atom. The number of nitrogens with zero attached hydrogens (tertiary/aromatic N) is 2. The maximum atomic E-state index is 5.96. The normalized spacial score (nSPS) is 10.8. The van der Waals surface area contributed by atoms with Gasteiger partial charge in [0.2, 0.25) is 5.89 Å². The Morgan fingerprint density at radius 3 is 3.07 bits per heavy atom. The second-order valence-corrected chi connectivity index (χ2v) is 4.28. The predicted octanol–water partition coefficient (Wildman–Crippen LogP) is 2.21. The summed E-state index contributed by atoms with van der Waals surface area (Å²) in [6, 6.07) is 1.82. The number of halogens is 1. The summed E-state index contributed by atoms with van der Waals surface area (Å²) in [4.78, 5) is 0.833. The maximum Gasteiger partial charge on any atom is 0.259 e. The third-order valence-electron chi connectivity index (χ3n) is 1.87. The second-order valence-electron chi connectivity index (χ2n) is 2.95. The van der Waals surface area contributed by atoms with Crippen LogP contribution < -0.4 is 5.32 Å². The van der Waals surface area contributed by atoms with Crippen molar-refractivity contribution >= 4 is 22.9 Å². The van der Waals surface area contributed by atoms with Crippen LogP contribution in [0.15, 0.2) is 15.9 Å². The molecule has 2 aromatic rings. The predicted molar refractivity (Wildman–Crippen MR) is 60.3 cm³/mol. The van der Waals surface area contributed by atoms with Crippen molar-refractivity contribution in [2.75, 3.05) is 13.6 Å². The van der Waals surface area contributed by atoms with Gasteiger partial charge >= 0.3 is 0 Å². The summed E-state index contributed by atoms with van der Waals surface area (Å²) in [5, 5.41) is 13.5. The number of nitrogens with one attached hydrogen (secondary N) is 1. The van der Waals surface area contributed by atoms with E-state index >= 15 is 0 Å². The lowest BCUT2D eigenvalue weighted by atomic mass is 10.4. The zero-order valence-electron chi connectivity index (χ0n) is 8.16. The Labute approximate surface area is 96.3 Å². The van der Waals surface area contributed by atoms with E-state index in [1.165, 1.54) is 11.3 Å². The first-order chi connectivity index (χ1) is 7.31. The van der Waals surface area contributed by atoms with Crippen LogP contribution >= 0.6 is 22.9 Å². The van der Waals surface area contributed by atoms with Crippen molar-refractivity contribution in [1.29, 1.82) is 0 Å². The van der Waals surface area contributed by atoms with E-state index in [2.05, 4.69) is 15.5 Å². The average molecular weight is 244 g/mol. The molecule has 0 unspecified atom stereocenters. The number of likely N-dealkylation sites (N-methyl/N-ethyl adjacent to an activating group) is 1. The van der Waals surface area contributed by atoms with Gasteiger partial charge in [-0.05, 0) is 18.5 Å². The van der Waals surface area contributed by atoms with Crippen molar-refractivity contribution in [2.45, 2.75) is 6.42 Å². The number of rotatable bonds is 4. The van der Waals surface area contributed by atoms with Crippen LogP contribution in [0.25, 0.3) is 10.8 Å². The average Bonchev–Trinajstić information content (AvgIpc) is 2.83.